The van der Waals surface area contributed by atoms with Crippen molar-refractivity contribution in [2.45, 2.75) is 6.42 Å². The van der Waals surface area contributed by atoms with Crippen LogP contribution in [0.3, 0.4) is 0 Å². The van der Waals surface area contributed by atoms with E-state index in [9.17, 15) is 14.9 Å². The molecule has 7 nitrogen and oxygen atoms in total. The first-order chi connectivity index (χ1) is 9.63. The second-order valence-corrected chi connectivity index (χ2v) is 5.49. The monoisotopic (exact) mass is 297 g/mol. The molecule has 1 saturated heterocycles. The molecular weight excluding hydrogens is 282 g/mol. The number of hydrogen-bond acceptors (Lipinski definition) is 7. The predicted octanol–water partition coefficient (Wildman–Crippen LogP) is 1.72. The molecule has 108 valence electrons. The number of pyridine rings is 1. The molecule has 0 amide bonds. The van der Waals surface area contributed by atoms with E-state index in [1.165, 1.54) is 19.4 Å². The van der Waals surface area contributed by atoms with Gasteiger partial charge in [-0.25, -0.2) is 9.78 Å². The molecule has 0 spiro atoms. The number of ether oxygens (including phenoxy) is 1. The second-order valence-electron chi connectivity index (χ2n) is 4.27. The number of nitro groups is 1. The number of esters is 1. The number of nitrogens with zero attached hydrogens (tertiary/aromatic N) is 3. The lowest BCUT2D eigenvalue weighted by molar-refractivity contribution is -0.384. The standard InChI is InChI=1S/C12H15N3O4S/c1-19-12(16)9-7-10(15(17)18)11(13-8-9)14-3-2-5-20-6-4-14/h7-8H,2-6H2,1H3. The Morgan fingerprint density at radius 1 is 1.50 bits per heavy atom. The Labute approximate surface area is 120 Å². The topological polar surface area (TPSA) is 85.6 Å². The van der Waals surface area contributed by atoms with Gasteiger partial charge in [-0.15, -0.1) is 0 Å². The van der Waals surface area contributed by atoms with Gasteiger partial charge in [0, 0.05) is 31.1 Å². The van der Waals surface area contributed by atoms with Gasteiger partial charge in [0.1, 0.15) is 0 Å². The van der Waals surface area contributed by atoms with E-state index in [2.05, 4.69) is 9.72 Å². The molecule has 0 aliphatic carbocycles. The van der Waals surface area contributed by atoms with Crippen molar-refractivity contribution in [1.82, 2.24) is 4.98 Å². The van der Waals surface area contributed by atoms with E-state index in [0.717, 1.165) is 31.0 Å². The maximum atomic E-state index is 11.4. The summed E-state index contributed by atoms with van der Waals surface area (Å²) in [6.07, 6.45) is 2.29. The van der Waals surface area contributed by atoms with Crippen LogP contribution in [-0.2, 0) is 4.74 Å². The third-order valence-electron chi connectivity index (χ3n) is 2.99. The molecule has 0 atom stereocenters. The lowest BCUT2D eigenvalue weighted by Gasteiger charge is -2.20. The maximum absolute atomic E-state index is 11.4. The van der Waals surface area contributed by atoms with Crippen LogP contribution in [-0.4, -0.2) is 47.6 Å². The fraction of sp³-hybridized carbons (Fsp3) is 0.500. The highest BCUT2D eigenvalue weighted by molar-refractivity contribution is 7.99. The molecule has 0 unspecified atom stereocenters. The summed E-state index contributed by atoms with van der Waals surface area (Å²) in [5.41, 5.74) is -0.0630. The average Bonchev–Trinajstić information content (AvgIpc) is 2.74. The first kappa shape index (κ1) is 14.6. The van der Waals surface area contributed by atoms with Gasteiger partial charge in [0.05, 0.1) is 17.6 Å². The zero-order valence-electron chi connectivity index (χ0n) is 11.1. The van der Waals surface area contributed by atoms with Crippen molar-refractivity contribution in [1.29, 1.82) is 0 Å². The zero-order chi connectivity index (χ0) is 14.5. The Kier molecular flexibility index (Phi) is 4.78. The Hall–Kier alpha value is -1.83. The van der Waals surface area contributed by atoms with Crippen LogP contribution >= 0.6 is 11.8 Å². The quantitative estimate of drug-likeness (QED) is 0.477. The third kappa shape index (κ3) is 3.19. The van der Waals surface area contributed by atoms with Crippen LogP contribution < -0.4 is 4.90 Å². The first-order valence-electron chi connectivity index (χ1n) is 6.19. The highest BCUT2D eigenvalue weighted by Crippen LogP contribution is 2.28. The summed E-state index contributed by atoms with van der Waals surface area (Å²) < 4.78 is 4.56. The number of aromatic nitrogens is 1. The zero-order valence-corrected chi connectivity index (χ0v) is 11.9. The average molecular weight is 297 g/mol. The molecule has 1 aliphatic rings. The molecule has 1 fully saturated rings. The minimum Gasteiger partial charge on any atom is -0.465 e. The van der Waals surface area contributed by atoms with Crippen LogP contribution in [0.4, 0.5) is 11.5 Å². The van der Waals surface area contributed by atoms with Crippen molar-refractivity contribution in [3.8, 4) is 0 Å². The summed E-state index contributed by atoms with van der Waals surface area (Å²) in [6.45, 7) is 1.45. The minimum absolute atomic E-state index is 0.0900. The summed E-state index contributed by atoms with van der Waals surface area (Å²) >= 11 is 1.83. The van der Waals surface area contributed by atoms with E-state index in [-0.39, 0.29) is 11.3 Å². The van der Waals surface area contributed by atoms with Crippen LogP contribution in [0.15, 0.2) is 12.3 Å². The number of anilines is 1. The molecule has 0 bridgehead atoms. The molecule has 2 rings (SSSR count). The Morgan fingerprint density at radius 2 is 2.30 bits per heavy atom. The highest BCUT2D eigenvalue weighted by Gasteiger charge is 2.24. The van der Waals surface area contributed by atoms with Crippen LogP contribution in [0.25, 0.3) is 0 Å². The molecule has 8 heteroatoms. The van der Waals surface area contributed by atoms with Gasteiger partial charge in [-0.3, -0.25) is 10.1 Å². The van der Waals surface area contributed by atoms with E-state index in [4.69, 9.17) is 0 Å². The van der Waals surface area contributed by atoms with Crippen LogP contribution in [0.1, 0.15) is 16.8 Å². The van der Waals surface area contributed by atoms with Crippen molar-refractivity contribution >= 4 is 29.2 Å². The number of carbonyl (C=O) groups excluding carboxylic acids is 1. The van der Waals surface area contributed by atoms with Gasteiger partial charge >= 0.3 is 11.7 Å². The summed E-state index contributed by atoms with van der Waals surface area (Å²) in [5, 5.41) is 11.2. The van der Waals surface area contributed by atoms with E-state index >= 15 is 0 Å². The number of hydrogen-bond donors (Lipinski definition) is 0. The maximum Gasteiger partial charge on any atom is 0.339 e. The smallest absolute Gasteiger partial charge is 0.339 e. The van der Waals surface area contributed by atoms with E-state index in [0.29, 0.717) is 5.82 Å². The van der Waals surface area contributed by atoms with Crippen molar-refractivity contribution in [2.75, 3.05) is 36.6 Å². The fourth-order valence-electron chi connectivity index (χ4n) is 2.01. The third-order valence-corrected chi connectivity index (χ3v) is 4.04. The molecule has 0 N–H and O–H groups in total. The number of rotatable bonds is 3. The Morgan fingerprint density at radius 3 is 3.00 bits per heavy atom. The Balaban J connectivity index is 2.36. The van der Waals surface area contributed by atoms with E-state index in [1.807, 2.05) is 16.7 Å². The first-order valence-corrected chi connectivity index (χ1v) is 7.34. The van der Waals surface area contributed by atoms with Crippen LogP contribution in [0.5, 0.6) is 0 Å². The van der Waals surface area contributed by atoms with E-state index < -0.39 is 10.9 Å². The van der Waals surface area contributed by atoms with Crippen LogP contribution in [0, 0.1) is 10.1 Å². The van der Waals surface area contributed by atoms with Crippen molar-refractivity contribution in [3.63, 3.8) is 0 Å². The molecular formula is C12H15N3O4S. The molecule has 20 heavy (non-hydrogen) atoms. The van der Waals surface area contributed by atoms with Gasteiger partial charge in [-0.1, -0.05) is 0 Å². The van der Waals surface area contributed by atoms with E-state index in [1.54, 1.807) is 0 Å². The Bertz CT molecular complexity index is 515. The minimum atomic E-state index is -0.626. The lowest BCUT2D eigenvalue weighted by atomic mass is 10.2. The number of methoxy groups -OCH3 is 1. The van der Waals surface area contributed by atoms with Crippen molar-refractivity contribution < 1.29 is 14.5 Å². The van der Waals surface area contributed by atoms with Gasteiger partial charge in [0.25, 0.3) is 0 Å². The predicted molar refractivity (Wildman–Crippen MR) is 76.4 cm³/mol. The van der Waals surface area contributed by atoms with Gasteiger partial charge in [-0.05, 0) is 12.2 Å². The molecule has 1 aliphatic heterocycles. The molecule has 1 aromatic rings. The molecule has 0 aromatic carbocycles. The molecule has 2 heterocycles. The normalized spacial score (nSPS) is 15.6. The lowest BCUT2D eigenvalue weighted by Crippen LogP contribution is -2.27. The number of carbonyl (C=O) groups is 1. The van der Waals surface area contributed by atoms with Crippen molar-refractivity contribution in [2.24, 2.45) is 0 Å². The SMILES string of the molecule is COC(=O)c1cnc(N2CCCSCC2)c([N+](=O)[O-])c1. The molecule has 1 aromatic heterocycles. The fourth-order valence-corrected chi connectivity index (χ4v) is 2.90. The van der Waals surface area contributed by atoms with Gasteiger partial charge in [0.2, 0.25) is 5.82 Å². The summed E-state index contributed by atoms with van der Waals surface area (Å²) in [7, 11) is 1.23. The van der Waals surface area contributed by atoms with Crippen LogP contribution in [0.2, 0.25) is 0 Å². The van der Waals surface area contributed by atoms with Gasteiger partial charge < -0.3 is 9.64 Å². The molecule has 0 radical (unpaired) electrons. The van der Waals surface area contributed by atoms with Crippen molar-refractivity contribution in [3.05, 3.63) is 27.9 Å². The number of thioether (sulfide) groups is 1. The van der Waals surface area contributed by atoms with Gasteiger partial charge in [-0.2, -0.15) is 11.8 Å². The molecule has 0 saturated carbocycles. The summed E-state index contributed by atoms with van der Waals surface area (Å²) in [6, 6.07) is 1.23. The summed E-state index contributed by atoms with van der Waals surface area (Å²) in [4.78, 5) is 28.1. The summed E-state index contributed by atoms with van der Waals surface area (Å²) in [5.74, 6) is 1.66. The van der Waals surface area contributed by atoms with Gasteiger partial charge in [0.15, 0.2) is 0 Å². The highest BCUT2D eigenvalue weighted by atomic mass is 32.2. The second kappa shape index (κ2) is 6.56. The largest absolute Gasteiger partial charge is 0.465 e.